The number of benzene rings is 1. The number of hydrogen-bond donors (Lipinski definition) is 2. The SMILES string of the molecule is COc1cc2c3c(c1OC)C1=CC[C@H](O)CC=C(O1)[C@H]3NCC2. The Bertz CT molecular complexity index is 707. The minimum Gasteiger partial charge on any atom is -0.493 e. The monoisotopic (exact) mass is 315 g/mol. The van der Waals surface area contributed by atoms with Crippen LogP contribution in [-0.2, 0) is 11.2 Å². The molecular formula is C18H21NO4. The molecule has 0 spiro atoms. The van der Waals surface area contributed by atoms with E-state index in [0.29, 0.717) is 18.6 Å². The second-order valence-electron chi connectivity index (χ2n) is 6.10. The zero-order chi connectivity index (χ0) is 16.0. The molecule has 1 aromatic carbocycles. The number of rotatable bonds is 2. The number of hydrogen-bond acceptors (Lipinski definition) is 5. The van der Waals surface area contributed by atoms with Gasteiger partial charge in [-0.05, 0) is 48.6 Å². The van der Waals surface area contributed by atoms with E-state index in [1.165, 1.54) is 11.1 Å². The number of nitrogens with one attached hydrogen (secondary N) is 1. The highest BCUT2D eigenvalue weighted by atomic mass is 16.5. The lowest BCUT2D eigenvalue weighted by Gasteiger charge is -2.37. The van der Waals surface area contributed by atoms with E-state index >= 15 is 0 Å². The molecule has 3 aliphatic rings. The third-order valence-corrected chi connectivity index (χ3v) is 4.75. The summed E-state index contributed by atoms with van der Waals surface area (Å²) in [6.07, 6.45) is 5.69. The lowest BCUT2D eigenvalue weighted by Crippen LogP contribution is -2.35. The Kier molecular flexibility index (Phi) is 3.54. The van der Waals surface area contributed by atoms with Gasteiger partial charge in [-0.1, -0.05) is 0 Å². The van der Waals surface area contributed by atoms with Crippen molar-refractivity contribution in [2.45, 2.75) is 31.4 Å². The largest absolute Gasteiger partial charge is 0.493 e. The van der Waals surface area contributed by atoms with Crippen LogP contribution in [0.4, 0.5) is 0 Å². The maximum absolute atomic E-state index is 10.1. The number of fused-ring (bicyclic) bond motifs is 4. The van der Waals surface area contributed by atoms with Gasteiger partial charge in [-0.3, -0.25) is 0 Å². The Morgan fingerprint density at radius 3 is 2.83 bits per heavy atom. The van der Waals surface area contributed by atoms with E-state index in [-0.39, 0.29) is 12.1 Å². The van der Waals surface area contributed by atoms with Gasteiger partial charge in [0.1, 0.15) is 11.5 Å². The highest BCUT2D eigenvalue weighted by Crippen LogP contribution is 2.50. The summed E-state index contributed by atoms with van der Waals surface area (Å²) in [6, 6.07) is 2.09. The van der Waals surface area contributed by atoms with Gasteiger partial charge >= 0.3 is 0 Å². The van der Waals surface area contributed by atoms with E-state index < -0.39 is 0 Å². The zero-order valence-corrected chi connectivity index (χ0v) is 13.4. The molecule has 2 bridgehead atoms. The molecule has 3 heterocycles. The third kappa shape index (κ3) is 2.23. The van der Waals surface area contributed by atoms with E-state index in [9.17, 15) is 5.11 Å². The molecule has 0 saturated carbocycles. The number of aliphatic hydroxyl groups excluding tert-OH is 1. The topological polar surface area (TPSA) is 60.0 Å². The third-order valence-electron chi connectivity index (χ3n) is 4.75. The minimum absolute atomic E-state index is 0.0102. The Labute approximate surface area is 135 Å². The second kappa shape index (κ2) is 5.58. The molecule has 122 valence electrons. The zero-order valence-electron chi connectivity index (χ0n) is 13.4. The molecule has 23 heavy (non-hydrogen) atoms. The molecule has 3 aliphatic heterocycles. The van der Waals surface area contributed by atoms with E-state index in [2.05, 4.69) is 11.4 Å². The molecule has 0 aliphatic carbocycles. The van der Waals surface area contributed by atoms with Gasteiger partial charge in [-0.2, -0.15) is 0 Å². The number of methoxy groups -OCH3 is 2. The van der Waals surface area contributed by atoms with Gasteiger partial charge < -0.3 is 24.6 Å². The quantitative estimate of drug-likeness (QED) is 0.877. The predicted molar refractivity (Wildman–Crippen MR) is 86.4 cm³/mol. The molecule has 1 aromatic rings. The molecule has 0 aromatic heterocycles. The molecule has 0 saturated heterocycles. The summed E-state index contributed by atoms with van der Waals surface area (Å²) in [5, 5.41) is 13.6. The van der Waals surface area contributed by atoms with Gasteiger partial charge in [0.2, 0.25) is 0 Å². The van der Waals surface area contributed by atoms with Crippen LogP contribution in [0.3, 0.4) is 0 Å². The molecule has 2 atom stereocenters. The molecular weight excluding hydrogens is 294 g/mol. The fraction of sp³-hybridized carbons (Fsp3) is 0.444. The maximum atomic E-state index is 10.1. The Balaban J connectivity index is 2.01. The molecule has 2 N–H and O–H groups in total. The summed E-state index contributed by atoms with van der Waals surface area (Å²) >= 11 is 0. The average molecular weight is 315 g/mol. The van der Waals surface area contributed by atoms with Gasteiger partial charge in [0.15, 0.2) is 11.5 Å². The standard InChI is InChI=1S/C18H21NO4/c1-21-14-9-10-7-8-19-17-13-6-4-11(20)3-5-12(23-13)16(15(10)17)18(14)22-2/h5-6,9,11,17,19-20H,3-4,7-8H2,1-2H3/t11-,17+/m0/s1. The highest BCUT2D eigenvalue weighted by molar-refractivity contribution is 5.77. The molecule has 0 fully saturated rings. The van der Waals surface area contributed by atoms with E-state index in [1.807, 2.05) is 12.2 Å². The van der Waals surface area contributed by atoms with E-state index in [4.69, 9.17) is 14.2 Å². The van der Waals surface area contributed by atoms with Crippen molar-refractivity contribution in [1.29, 1.82) is 0 Å². The van der Waals surface area contributed by atoms with Crippen LogP contribution in [0.2, 0.25) is 0 Å². The van der Waals surface area contributed by atoms with Gasteiger partial charge in [-0.15, -0.1) is 0 Å². The van der Waals surface area contributed by atoms with Gasteiger partial charge in [0.25, 0.3) is 0 Å². The first-order chi connectivity index (χ1) is 11.2. The van der Waals surface area contributed by atoms with Crippen molar-refractivity contribution >= 4 is 5.76 Å². The summed E-state index contributed by atoms with van der Waals surface area (Å²) in [5.74, 6) is 3.04. The van der Waals surface area contributed by atoms with Crippen molar-refractivity contribution in [1.82, 2.24) is 5.32 Å². The number of aliphatic hydroxyl groups is 1. The number of ether oxygens (including phenoxy) is 3. The summed E-state index contributed by atoms with van der Waals surface area (Å²) in [7, 11) is 3.30. The molecule has 0 amide bonds. The minimum atomic E-state index is -0.384. The maximum Gasteiger partial charge on any atom is 0.172 e. The fourth-order valence-corrected chi connectivity index (χ4v) is 3.67. The molecule has 5 heteroatoms. The first-order valence-corrected chi connectivity index (χ1v) is 8.00. The van der Waals surface area contributed by atoms with Crippen LogP contribution in [-0.4, -0.2) is 32.0 Å². The molecule has 5 nitrogen and oxygen atoms in total. The highest BCUT2D eigenvalue weighted by Gasteiger charge is 2.37. The van der Waals surface area contributed by atoms with Crippen molar-refractivity contribution in [3.63, 3.8) is 0 Å². The van der Waals surface area contributed by atoms with Gasteiger partial charge in [0, 0.05) is 6.54 Å². The van der Waals surface area contributed by atoms with Crippen molar-refractivity contribution in [2.75, 3.05) is 20.8 Å². The van der Waals surface area contributed by atoms with Crippen LogP contribution in [0.15, 0.2) is 24.0 Å². The van der Waals surface area contributed by atoms with Crippen LogP contribution in [0.25, 0.3) is 5.76 Å². The van der Waals surface area contributed by atoms with Crippen LogP contribution in [0.1, 0.15) is 35.6 Å². The van der Waals surface area contributed by atoms with Crippen molar-refractivity contribution in [3.05, 3.63) is 40.7 Å². The average Bonchev–Trinajstić information content (AvgIpc) is 2.57. The molecule has 0 radical (unpaired) electrons. The van der Waals surface area contributed by atoms with Gasteiger partial charge in [-0.25, -0.2) is 0 Å². The van der Waals surface area contributed by atoms with Crippen molar-refractivity contribution < 1.29 is 19.3 Å². The summed E-state index contributed by atoms with van der Waals surface area (Å²) in [5.41, 5.74) is 3.43. The first kappa shape index (κ1) is 14.6. The van der Waals surface area contributed by atoms with Crippen LogP contribution < -0.4 is 14.8 Å². The van der Waals surface area contributed by atoms with Crippen molar-refractivity contribution in [3.8, 4) is 11.5 Å². The predicted octanol–water partition coefficient (Wildman–Crippen LogP) is 2.30. The first-order valence-electron chi connectivity index (χ1n) is 8.00. The van der Waals surface area contributed by atoms with Crippen LogP contribution in [0, 0.1) is 0 Å². The molecule has 0 unspecified atom stereocenters. The van der Waals surface area contributed by atoms with Crippen molar-refractivity contribution in [2.24, 2.45) is 0 Å². The van der Waals surface area contributed by atoms with Crippen LogP contribution in [0.5, 0.6) is 11.5 Å². The summed E-state index contributed by atoms with van der Waals surface area (Å²) in [4.78, 5) is 0. The van der Waals surface area contributed by atoms with Crippen LogP contribution >= 0.6 is 0 Å². The lowest BCUT2D eigenvalue weighted by molar-refractivity contribution is 0.174. The second-order valence-corrected chi connectivity index (χ2v) is 6.10. The van der Waals surface area contributed by atoms with E-state index in [1.54, 1.807) is 14.2 Å². The summed E-state index contributed by atoms with van der Waals surface area (Å²) in [6.45, 7) is 0.884. The normalized spacial score (nSPS) is 25.2. The Morgan fingerprint density at radius 2 is 2.04 bits per heavy atom. The van der Waals surface area contributed by atoms with Gasteiger partial charge in [0.05, 0.1) is 31.9 Å². The lowest BCUT2D eigenvalue weighted by atomic mass is 9.84. The summed E-state index contributed by atoms with van der Waals surface area (Å²) < 4.78 is 17.3. The van der Waals surface area contributed by atoms with E-state index in [0.717, 1.165) is 35.8 Å². The molecule has 4 rings (SSSR count). The Morgan fingerprint density at radius 1 is 1.22 bits per heavy atom. The smallest absolute Gasteiger partial charge is 0.172 e. The fourth-order valence-electron chi connectivity index (χ4n) is 3.67. The Hall–Kier alpha value is -1.98.